The van der Waals surface area contributed by atoms with Crippen LogP contribution in [0.5, 0.6) is 0 Å². The van der Waals surface area contributed by atoms with Gasteiger partial charge < -0.3 is 20.4 Å². The molecule has 2 aliphatic rings. The fourth-order valence-electron chi connectivity index (χ4n) is 4.71. The number of amides is 1. The summed E-state index contributed by atoms with van der Waals surface area (Å²) < 4.78 is 1.05. The standard InChI is InChI=1S/C27H35ClN6OS.3ClH/c1-18(2)17-34-13-11-33(12-14-34)10-4-9-29-27-30-16-22(28)25(32-27)24-15-21-20(5-3-6-23(21)36-24)26(35)31-19-7-8-19;;;/h3,5-6,15-16,18-19H,4,7-14,17H2,1-2H3,(H,31,35)(H,29,30,32);3*1H. The minimum Gasteiger partial charge on any atom is -0.354 e. The topological polar surface area (TPSA) is 73.4 Å². The van der Waals surface area contributed by atoms with Crippen LogP contribution in [-0.4, -0.2) is 77.5 Å². The van der Waals surface area contributed by atoms with Gasteiger partial charge in [-0.3, -0.25) is 4.79 Å². The van der Waals surface area contributed by atoms with Crippen LogP contribution in [0, 0.1) is 5.92 Å². The minimum absolute atomic E-state index is 0. The first-order valence-corrected chi connectivity index (χ1v) is 14.2. The summed E-state index contributed by atoms with van der Waals surface area (Å²) in [5.41, 5.74) is 1.40. The van der Waals surface area contributed by atoms with Crippen molar-refractivity contribution in [3.8, 4) is 10.6 Å². The van der Waals surface area contributed by atoms with E-state index in [1.165, 1.54) is 6.54 Å². The molecule has 0 spiro atoms. The summed E-state index contributed by atoms with van der Waals surface area (Å²) in [4.78, 5) is 27.9. The van der Waals surface area contributed by atoms with Crippen molar-refractivity contribution in [2.75, 3.05) is 51.1 Å². The molecule has 7 nitrogen and oxygen atoms in total. The van der Waals surface area contributed by atoms with Crippen molar-refractivity contribution in [2.24, 2.45) is 5.92 Å². The fraction of sp³-hybridized carbons (Fsp3) is 0.519. The van der Waals surface area contributed by atoms with E-state index in [-0.39, 0.29) is 43.1 Å². The number of hydrogen-bond donors (Lipinski definition) is 2. The number of carbonyl (C=O) groups is 1. The number of piperazine rings is 1. The minimum atomic E-state index is -0.00933. The summed E-state index contributed by atoms with van der Waals surface area (Å²) in [6.07, 6.45) is 4.83. The second-order valence-corrected chi connectivity index (χ2v) is 11.8. The Balaban J connectivity index is 0.00000178. The highest BCUT2D eigenvalue weighted by molar-refractivity contribution is 7.22. The molecule has 0 bridgehead atoms. The molecule has 39 heavy (non-hydrogen) atoms. The summed E-state index contributed by atoms with van der Waals surface area (Å²) in [5.74, 6) is 1.30. The van der Waals surface area contributed by atoms with Gasteiger partial charge in [0.1, 0.15) is 5.69 Å². The first-order chi connectivity index (χ1) is 17.5. The Hall–Kier alpha value is -1.39. The molecule has 1 saturated heterocycles. The Labute approximate surface area is 258 Å². The largest absolute Gasteiger partial charge is 0.354 e. The Morgan fingerprint density at radius 1 is 1.13 bits per heavy atom. The summed E-state index contributed by atoms with van der Waals surface area (Å²) in [5, 5.41) is 7.91. The Bertz CT molecular complexity index is 1210. The van der Waals surface area contributed by atoms with Crippen LogP contribution in [0.3, 0.4) is 0 Å². The zero-order chi connectivity index (χ0) is 25.1. The highest BCUT2D eigenvalue weighted by Crippen LogP contribution is 2.37. The maximum atomic E-state index is 12.7. The van der Waals surface area contributed by atoms with Gasteiger partial charge in [0.15, 0.2) is 0 Å². The van der Waals surface area contributed by atoms with E-state index in [9.17, 15) is 4.79 Å². The first-order valence-electron chi connectivity index (χ1n) is 13.0. The van der Waals surface area contributed by atoms with Gasteiger partial charge in [-0.1, -0.05) is 31.5 Å². The van der Waals surface area contributed by atoms with Crippen LogP contribution < -0.4 is 10.6 Å². The maximum Gasteiger partial charge on any atom is 0.252 e. The molecule has 12 heteroatoms. The van der Waals surface area contributed by atoms with Gasteiger partial charge in [0.2, 0.25) is 5.95 Å². The second kappa shape index (κ2) is 15.6. The third-order valence-corrected chi connectivity index (χ3v) is 8.10. The lowest BCUT2D eigenvalue weighted by Gasteiger charge is -2.35. The molecule has 2 N–H and O–H groups in total. The normalized spacial score (nSPS) is 15.8. The van der Waals surface area contributed by atoms with E-state index in [1.807, 2.05) is 24.3 Å². The summed E-state index contributed by atoms with van der Waals surface area (Å²) >= 11 is 8.10. The van der Waals surface area contributed by atoms with Crippen LogP contribution in [0.2, 0.25) is 5.02 Å². The zero-order valence-electron chi connectivity index (χ0n) is 22.3. The molecule has 3 aromatic rings. The van der Waals surface area contributed by atoms with Crippen molar-refractivity contribution in [2.45, 2.75) is 39.2 Å². The lowest BCUT2D eigenvalue weighted by atomic mass is 10.1. The van der Waals surface area contributed by atoms with Gasteiger partial charge in [-0.05, 0) is 49.9 Å². The van der Waals surface area contributed by atoms with Gasteiger partial charge in [0.05, 0.1) is 16.1 Å². The Morgan fingerprint density at radius 3 is 2.54 bits per heavy atom. The van der Waals surface area contributed by atoms with Crippen molar-refractivity contribution in [3.63, 3.8) is 0 Å². The van der Waals surface area contributed by atoms with E-state index in [0.717, 1.165) is 79.4 Å². The van der Waals surface area contributed by atoms with E-state index in [4.69, 9.17) is 16.6 Å². The number of aromatic nitrogens is 2. The van der Waals surface area contributed by atoms with Crippen molar-refractivity contribution in [3.05, 3.63) is 41.0 Å². The molecular formula is C27H38Cl4N6OS. The number of anilines is 1. The third-order valence-electron chi connectivity index (χ3n) is 6.72. The summed E-state index contributed by atoms with van der Waals surface area (Å²) in [6.45, 7) is 12.3. The SMILES string of the molecule is CC(C)CN1CCN(CCCNc2ncc(Cl)c(-c3cc4c(C(=O)NC5CC5)cccc4s3)n2)CC1.Cl.Cl.Cl. The van der Waals surface area contributed by atoms with Gasteiger partial charge in [0.25, 0.3) is 5.91 Å². The van der Waals surface area contributed by atoms with Crippen LogP contribution in [0.4, 0.5) is 5.95 Å². The zero-order valence-corrected chi connectivity index (χ0v) is 26.3. The maximum absolute atomic E-state index is 12.7. The number of rotatable bonds is 10. The summed E-state index contributed by atoms with van der Waals surface area (Å²) in [7, 11) is 0. The smallest absolute Gasteiger partial charge is 0.252 e. The second-order valence-electron chi connectivity index (χ2n) is 10.3. The fourth-order valence-corrected chi connectivity index (χ4v) is 6.05. The quantitative estimate of drug-likeness (QED) is 0.257. The first kappa shape index (κ1) is 33.8. The molecule has 1 aliphatic carbocycles. The Kier molecular flexibility index (Phi) is 13.5. The highest BCUT2D eigenvalue weighted by Gasteiger charge is 2.25. The summed E-state index contributed by atoms with van der Waals surface area (Å²) in [6, 6.07) is 8.20. The van der Waals surface area contributed by atoms with Crippen LogP contribution in [-0.2, 0) is 0 Å². The molecule has 0 unspecified atom stereocenters. The molecule has 3 heterocycles. The number of halogens is 4. The molecule has 1 amide bonds. The van der Waals surface area contributed by atoms with Gasteiger partial charge in [-0.25, -0.2) is 9.97 Å². The van der Waals surface area contributed by atoms with Crippen molar-refractivity contribution >= 4 is 82.1 Å². The van der Waals surface area contributed by atoms with E-state index in [1.54, 1.807) is 17.5 Å². The predicted molar refractivity (Wildman–Crippen MR) is 171 cm³/mol. The lowest BCUT2D eigenvalue weighted by molar-refractivity contribution is 0.0952. The Morgan fingerprint density at radius 2 is 1.85 bits per heavy atom. The van der Waals surface area contributed by atoms with Crippen LogP contribution in [0.1, 0.15) is 43.5 Å². The van der Waals surface area contributed by atoms with Gasteiger partial charge in [0, 0.05) is 61.0 Å². The number of nitrogens with zero attached hydrogens (tertiary/aromatic N) is 4. The van der Waals surface area contributed by atoms with Gasteiger partial charge >= 0.3 is 0 Å². The van der Waals surface area contributed by atoms with Crippen molar-refractivity contribution < 1.29 is 4.79 Å². The number of hydrogen-bond acceptors (Lipinski definition) is 7. The predicted octanol–water partition coefficient (Wildman–Crippen LogP) is 6.24. The molecule has 1 aromatic carbocycles. The number of thiophene rings is 1. The monoisotopic (exact) mass is 634 g/mol. The van der Waals surface area contributed by atoms with E-state index < -0.39 is 0 Å². The molecule has 0 atom stereocenters. The molecule has 0 radical (unpaired) electrons. The highest BCUT2D eigenvalue weighted by atomic mass is 35.5. The number of fused-ring (bicyclic) bond motifs is 1. The average Bonchev–Trinajstić information content (AvgIpc) is 3.57. The molecular weight excluding hydrogens is 598 g/mol. The molecule has 5 rings (SSSR count). The molecule has 1 aliphatic heterocycles. The van der Waals surface area contributed by atoms with Crippen LogP contribution >= 0.6 is 60.2 Å². The number of benzene rings is 1. The molecule has 216 valence electrons. The van der Waals surface area contributed by atoms with Gasteiger partial charge in [-0.2, -0.15) is 0 Å². The number of carbonyl (C=O) groups excluding carboxylic acids is 1. The molecule has 1 saturated carbocycles. The molecule has 2 aromatic heterocycles. The average molecular weight is 637 g/mol. The molecule has 2 fully saturated rings. The van der Waals surface area contributed by atoms with E-state index >= 15 is 0 Å². The number of nitrogens with one attached hydrogen (secondary N) is 2. The van der Waals surface area contributed by atoms with Gasteiger partial charge in [-0.15, -0.1) is 48.6 Å². The van der Waals surface area contributed by atoms with Crippen LogP contribution in [0.15, 0.2) is 30.5 Å². The van der Waals surface area contributed by atoms with E-state index in [2.05, 4.69) is 39.3 Å². The third kappa shape index (κ3) is 9.05. The van der Waals surface area contributed by atoms with E-state index in [0.29, 0.717) is 28.3 Å². The van der Waals surface area contributed by atoms with Crippen molar-refractivity contribution in [1.82, 2.24) is 25.1 Å². The van der Waals surface area contributed by atoms with Crippen LogP contribution in [0.25, 0.3) is 20.7 Å². The van der Waals surface area contributed by atoms with Crippen molar-refractivity contribution in [1.29, 1.82) is 0 Å². The lowest BCUT2D eigenvalue weighted by Crippen LogP contribution is -2.47.